The minimum absolute atomic E-state index is 0.212. The van der Waals surface area contributed by atoms with E-state index in [0.29, 0.717) is 16.1 Å². The van der Waals surface area contributed by atoms with E-state index in [1.165, 1.54) is 11.3 Å². The molecule has 6 nitrogen and oxygen atoms in total. The highest BCUT2D eigenvalue weighted by Crippen LogP contribution is 2.36. The van der Waals surface area contributed by atoms with Crippen LogP contribution in [0.25, 0.3) is 11.1 Å². The van der Waals surface area contributed by atoms with Crippen LogP contribution in [0.1, 0.15) is 38.8 Å². The summed E-state index contributed by atoms with van der Waals surface area (Å²) in [6, 6.07) is 14.6. The van der Waals surface area contributed by atoms with Gasteiger partial charge in [0.15, 0.2) is 6.61 Å². The molecule has 0 saturated heterocycles. The van der Waals surface area contributed by atoms with E-state index in [0.717, 1.165) is 16.7 Å². The first kappa shape index (κ1) is 22.2. The van der Waals surface area contributed by atoms with Gasteiger partial charge in [-0.05, 0) is 38.5 Å². The molecular formula is C24H23NO5S. The Hall–Kier alpha value is -3.45. The number of hydrogen-bond acceptors (Lipinski definition) is 6. The summed E-state index contributed by atoms with van der Waals surface area (Å²) in [7, 11) is 0. The molecular weight excluding hydrogens is 414 g/mol. The van der Waals surface area contributed by atoms with E-state index in [9.17, 15) is 14.4 Å². The van der Waals surface area contributed by atoms with Crippen LogP contribution in [0, 0.1) is 13.8 Å². The molecule has 0 aliphatic rings. The molecule has 0 atom stereocenters. The van der Waals surface area contributed by atoms with Crippen molar-refractivity contribution in [1.82, 2.24) is 0 Å². The predicted octanol–water partition coefficient (Wildman–Crippen LogP) is 5.00. The normalized spacial score (nSPS) is 10.4. The lowest BCUT2D eigenvalue weighted by Crippen LogP contribution is -2.21. The average molecular weight is 438 g/mol. The number of carbonyl (C=O) groups excluding carboxylic acids is 3. The van der Waals surface area contributed by atoms with Crippen LogP contribution in [0.3, 0.4) is 0 Å². The number of carbonyl (C=O) groups is 3. The maximum atomic E-state index is 12.6. The predicted molar refractivity (Wildman–Crippen MR) is 121 cm³/mol. The van der Waals surface area contributed by atoms with Crippen molar-refractivity contribution in [2.75, 3.05) is 18.5 Å². The van der Waals surface area contributed by atoms with Crippen LogP contribution in [0.2, 0.25) is 0 Å². The molecule has 1 amide bonds. The van der Waals surface area contributed by atoms with Gasteiger partial charge in [-0.2, -0.15) is 0 Å². The fourth-order valence-corrected chi connectivity index (χ4v) is 3.84. The number of nitrogens with one attached hydrogen (secondary N) is 1. The van der Waals surface area contributed by atoms with Crippen LogP contribution in [0.15, 0.2) is 53.9 Å². The Balaban J connectivity index is 1.74. The third-order valence-corrected chi connectivity index (χ3v) is 5.40. The van der Waals surface area contributed by atoms with Gasteiger partial charge in [0.1, 0.15) is 10.6 Å². The van der Waals surface area contributed by atoms with Gasteiger partial charge in [0.2, 0.25) is 0 Å². The molecule has 0 unspecified atom stereocenters. The Morgan fingerprint density at radius 3 is 2.10 bits per heavy atom. The van der Waals surface area contributed by atoms with Crippen molar-refractivity contribution in [2.45, 2.75) is 20.8 Å². The van der Waals surface area contributed by atoms with Crippen molar-refractivity contribution in [3.8, 4) is 11.1 Å². The van der Waals surface area contributed by atoms with Crippen LogP contribution in [0.4, 0.5) is 5.00 Å². The number of esters is 2. The first-order chi connectivity index (χ1) is 14.9. The smallest absolute Gasteiger partial charge is 0.341 e. The van der Waals surface area contributed by atoms with E-state index in [4.69, 9.17) is 9.47 Å². The van der Waals surface area contributed by atoms with Crippen molar-refractivity contribution >= 4 is 34.2 Å². The third-order valence-electron chi connectivity index (χ3n) is 4.51. The molecule has 0 aliphatic carbocycles. The lowest BCUT2D eigenvalue weighted by atomic mass is 10.0. The molecule has 0 bridgehead atoms. The summed E-state index contributed by atoms with van der Waals surface area (Å²) >= 11 is 1.22. The third kappa shape index (κ3) is 5.58. The van der Waals surface area contributed by atoms with Crippen molar-refractivity contribution in [1.29, 1.82) is 0 Å². The van der Waals surface area contributed by atoms with Crippen LogP contribution in [-0.2, 0) is 14.3 Å². The van der Waals surface area contributed by atoms with Gasteiger partial charge in [-0.15, -0.1) is 11.3 Å². The molecule has 0 spiro atoms. The van der Waals surface area contributed by atoms with Crippen molar-refractivity contribution in [3.63, 3.8) is 0 Å². The highest BCUT2D eigenvalue weighted by Gasteiger charge is 2.23. The second-order valence-corrected chi connectivity index (χ2v) is 7.81. The summed E-state index contributed by atoms with van der Waals surface area (Å²) in [4.78, 5) is 37.1. The zero-order valence-corrected chi connectivity index (χ0v) is 18.4. The van der Waals surface area contributed by atoms with Crippen molar-refractivity contribution in [3.05, 3.63) is 76.2 Å². The molecule has 160 valence electrons. The minimum atomic E-state index is -0.590. The quantitative estimate of drug-likeness (QED) is 0.526. The van der Waals surface area contributed by atoms with E-state index >= 15 is 0 Å². The van der Waals surface area contributed by atoms with E-state index in [2.05, 4.69) is 5.32 Å². The Morgan fingerprint density at radius 1 is 0.871 bits per heavy atom. The van der Waals surface area contributed by atoms with Crippen molar-refractivity contribution in [2.24, 2.45) is 0 Å². The molecule has 2 aromatic carbocycles. The van der Waals surface area contributed by atoms with Gasteiger partial charge in [-0.3, -0.25) is 4.79 Å². The highest BCUT2D eigenvalue weighted by atomic mass is 32.1. The molecule has 0 aliphatic heterocycles. The molecule has 7 heteroatoms. The minimum Gasteiger partial charge on any atom is -0.462 e. The second-order valence-electron chi connectivity index (χ2n) is 6.93. The fourth-order valence-electron chi connectivity index (χ4n) is 2.87. The molecule has 1 heterocycles. The summed E-state index contributed by atoms with van der Waals surface area (Å²) < 4.78 is 10.3. The van der Waals surface area contributed by atoms with E-state index in [1.807, 2.05) is 38.1 Å². The number of hydrogen-bond donors (Lipinski definition) is 1. The first-order valence-electron chi connectivity index (χ1n) is 9.78. The van der Waals surface area contributed by atoms with Crippen LogP contribution in [0.5, 0.6) is 0 Å². The standard InChI is InChI=1S/C24H23NO5S/c1-4-29-24(28)21-19(17-9-5-15(2)6-10-17)14-31-22(21)25-20(26)13-30-23(27)18-11-7-16(3)8-12-18/h5-12,14H,4,13H2,1-3H3,(H,25,26). The van der Waals surface area contributed by atoms with Crippen LogP contribution in [-0.4, -0.2) is 31.1 Å². The summed E-state index contributed by atoms with van der Waals surface area (Å²) in [6.07, 6.45) is 0. The Labute approximate surface area is 184 Å². The molecule has 1 N–H and O–H groups in total. The van der Waals surface area contributed by atoms with Gasteiger partial charge in [0.25, 0.3) is 5.91 Å². The molecule has 1 aromatic heterocycles. The number of ether oxygens (including phenoxy) is 2. The summed E-state index contributed by atoms with van der Waals surface area (Å²) in [5.74, 6) is -1.65. The molecule has 0 saturated carbocycles. The topological polar surface area (TPSA) is 81.7 Å². The second kappa shape index (κ2) is 10.0. The van der Waals surface area contributed by atoms with Gasteiger partial charge in [-0.1, -0.05) is 47.5 Å². The van der Waals surface area contributed by atoms with E-state index < -0.39 is 24.5 Å². The zero-order valence-electron chi connectivity index (χ0n) is 17.6. The largest absolute Gasteiger partial charge is 0.462 e. The SMILES string of the molecule is CCOC(=O)c1c(-c2ccc(C)cc2)csc1NC(=O)COC(=O)c1ccc(C)cc1. The number of aryl methyl sites for hydroxylation is 2. The Kier molecular flexibility index (Phi) is 7.20. The lowest BCUT2D eigenvalue weighted by molar-refractivity contribution is -0.119. The summed E-state index contributed by atoms with van der Waals surface area (Å²) in [5, 5.41) is 4.82. The van der Waals surface area contributed by atoms with E-state index in [-0.39, 0.29) is 12.2 Å². The molecule has 0 radical (unpaired) electrons. The fraction of sp³-hybridized carbons (Fsp3) is 0.208. The van der Waals surface area contributed by atoms with Gasteiger partial charge in [0.05, 0.1) is 12.2 Å². The van der Waals surface area contributed by atoms with E-state index in [1.54, 1.807) is 36.6 Å². The summed E-state index contributed by atoms with van der Waals surface area (Å²) in [6.45, 7) is 5.36. The number of amides is 1. The summed E-state index contributed by atoms with van der Waals surface area (Å²) in [5.41, 5.74) is 4.28. The van der Waals surface area contributed by atoms with Gasteiger partial charge in [0, 0.05) is 10.9 Å². The Morgan fingerprint density at radius 2 is 1.48 bits per heavy atom. The molecule has 3 aromatic rings. The van der Waals surface area contributed by atoms with Gasteiger partial charge >= 0.3 is 11.9 Å². The molecule has 0 fully saturated rings. The Bertz CT molecular complexity index is 1080. The number of anilines is 1. The first-order valence-corrected chi connectivity index (χ1v) is 10.7. The van der Waals surface area contributed by atoms with Crippen LogP contribution < -0.4 is 5.32 Å². The van der Waals surface area contributed by atoms with Crippen molar-refractivity contribution < 1.29 is 23.9 Å². The zero-order chi connectivity index (χ0) is 22.4. The van der Waals surface area contributed by atoms with Gasteiger partial charge in [-0.25, -0.2) is 9.59 Å². The van der Waals surface area contributed by atoms with Crippen LogP contribution >= 0.6 is 11.3 Å². The molecule has 3 rings (SSSR count). The number of benzene rings is 2. The average Bonchev–Trinajstić information content (AvgIpc) is 3.16. The maximum absolute atomic E-state index is 12.6. The number of thiophene rings is 1. The lowest BCUT2D eigenvalue weighted by Gasteiger charge is -2.09. The maximum Gasteiger partial charge on any atom is 0.341 e. The number of rotatable bonds is 7. The monoisotopic (exact) mass is 437 g/mol. The van der Waals surface area contributed by atoms with Gasteiger partial charge < -0.3 is 14.8 Å². The highest BCUT2D eigenvalue weighted by molar-refractivity contribution is 7.15. The molecule has 31 heavy (non-hydrogen) atoms.